The predicted octanol–water partition coefficient (Wildman–Crippen LogP) is 3.82. The van der Waals surface area contributed by atoms with Gasteiger partial charge in [0.05, 0.1) is 77.4 Å². The zero-order chi connectivity index (χ0) is 85.8. The normalized spacial score (nSPS) is 14.0. The van der Waals surface area contributed by atoms with Crippen molar-refractivity contribution in [1.82, 2.24) is 61.2 Å². The van der Waals surface area contributed by atoms with Crippen LogP contribution < -0.4 is 37.2 Å². The maximum absolute atomic E-state index is 14.0. The highest BCUT2D eigenvalue weighted by Gasteiger charge is 2.29. The van der Waals surface area contributed by atoms with Crippen molar-refractivity contribution in [1.29, 1.82) is 0 Å². The molecule has 116 heavy (non-hydrogen) atoms. The van der Waals surface area contributed by atoms with E-state index in [4.69, 9.17) is 71.9 Å². The summed E-state index contributed by atoms with van der Waals surface area (Å²) in [7, 11) is 4.05. The number of benzene rings is 3. The Hall–Kier alpha value is -10.7. The predicted molar refractivity (Wildman–Crippen MR) is 419 cm³/mol. The van der Waals surface area contributed by atoms with Crippen LogP contribution in [0.25, 0.3) is 11.3 Å². The number of carbonyl (C=O) groups is 10. The van der Waals surface area contributed by atoms with Gasteiger partial charge in [0, 0.05) is 126 Å². The number of amides is 5. The van der Waals surface area contributed by atoms with Crippen LogP contribution >= 0.6 is 23.8 Å². The minimum Gasteiger partial charge on any atom is -0.481 e. The van der Waals surface area contributed by atoms with Crippen LogP contribution in [0.4, 0.5) is 21.0 Å². The van der Waals surface area contributed by atoms with Crippen molar-refractivity contribution in [2.75, 3.05) is 143 Å². The van der Waals surface area contributed by atoms with E-state index >= 15 is 0 Å². The quantitative estimate of drug-likeness (QED) is 0.0221. The molecule has 0 bridgehead atoms. The van der Waals surface area contributed by atoms with Crippen LogP contribution in [0.5, 0.6) is 0 Å². The number of Topliss-reactive ketones (excluding diaryl/α,β-unsaturated/α-hetero) is 2. The van der Waals surface area contributed by atoms with Gasteiger partial charge >= 0.3 is 60.4 Å². The van der Waals surface area contributed by atoms with E-state index in [0.717, 1.165) is 29.9 Å². The SMILES string of the molecule is CN1CCN(CC(=O)O)CCN(CC(=O)O)CC(Cc2ccc(NC(=S)NCCCC[C@H](NC(=O)CCOCCOCCOCCn3cc(-c4cccc(NC(=O)NCCCCC(NC(=O)NCCCC(=O)O)C(=O)O)c4)nn3)C(=O)CC(CCCCCC(=O)Cc3ccc(Cl)cc3)C(=O)O)cc2)N(C)CC1.O=C=O.O=C=O.O=C=O. The number of nitrogens with one attached hydrogen (secondary N) is 7. The van der Waals surface area contributed by atoms with Crippen LogP contribution in [-0.2, 0) is 101 Å². The molecule has 3 aromatic carbocycles. The topological polar surface area (TPSA) is 530 Å². The van der Waals surface area contributed by atoms with E-state index in [0.29, 0.717) is 137 Å². The van der Waals surface area contributed by atoms with Gasteiger partial charge in [-0.2, -0.15) is 28.8 Å². The van der Waals surface area contributed by atoms with Crippen LogP contribution in [0, 0.1) is 5.92 Å². The molecule has 0 aliphatic carbocycles. The molecule has 3 unspecified atom stereocenters. The molecule has 0 spiro atoms. The number of aromatic nitrogens is 3. The van der Waals surface area contributed by atoms with Gasteiger partial charge in [-0.05, 0) is 138 Å². The maximum Gasteiger partial charge on any atom is 0.373 e. The number of hydrogen-bond donors (Lipinski definition) is 12. The van der Waals surface area contributed by atoms with Crippen LogP contribution in [-0.4, -0.2) is 293 Å². The van der Waals surface area contributed by atoms with Gasteiger partial charge in [0.15, 0.2) is 10.9 Å². The molecule has 40 heteroatoms. The van der Waals surface area contributed by atoms with Gasteiger partial charge < -0.3 is 86.8 Å². The second kappa shape index (κ2) is 61.7. The highest BCUT2D eigenvalue weighted by Crippen LogP contribution is 2.23. The fourth-order valence-electron chi connectivity index (χ4n) is 11.6. The minimum absolute atomic E-state index is 0.0347. The number of hydrogen-bond acceptors (Lipinski definition) is 26. The monoisotopic (exact) mass is 1670 g/mol. The summed E-state index contributed by atoms with van der Waals surface area (Å²) < 4.78 is 18.7. The third kappa shape index (κ3) is 49.2. The number of carboxylic acid groups (broad SMARTS) is 5. The van der Waals surface area contributed by atoms with Gasteiger partial charge in [0.1, 0.15) is 17.5 Å². The van der Waals surface area contributed by atoms with E-state index in [2.05, 4.69) is 57.3 Å². The first-order valence-electron chi connectivity index (χ1n) is 37.6. The van der Waals surface area contributed by atoms with Crippen molar-refractivity contribution < 1.29 is 116 Å². The lowest BCUT2D eigenvalue weighted by molar-refractivity contribution is -0.193. The number of aliphatic carboxylic acids is 5. The number of halogens is 1. The van der Waals surface area contributed by atoms with Gasteiger partial charge in [-0.3, -0.25) is 43.4 Å². The molecule has 2 heterocycles. The maximum atomic E-state index is 14.0. The van der Waals surface area contributed by atoms with Crippen molar-refractivity contribution in [3.8, 4) is 11.3 Å². The number of urea groups is 2. The molecule has 1 saturated heterocycles. The second-order valence-corrected chi connectivity index (χ2v) is 27.6. The average molecular weight is 1670 g/mol. The summed E-state index contributed by atoms with van der Waals surface area (Å²) in [4.78, 5) is 180. The van der Waals surface area contributed by atoms with Gasteiger partial charge in [-0.15, -0.1) is 5.10 Å². The van der Waals surface area contributed by atoms with Crippen LogP contribution in [0.3, 0.4) is 0 Å². The van der Waals surface area contributed by atoms with Gasteiger partial charge in [0.2, 0.25) is 5.91 Å². The molecule has 12 N–H and O–H groups in total. The number of unbranched alkanes of at least 4 members (excludes halogenated alkanes) is 4. The molecular formula is C76H107ClN14O24S. The van der Waals surface area contributed by atoms with Crippen LogP contribution in [0.1, 0.15) is 107 Å². The molecule has 0 radical (unpaired) electrons. The molecule has 1 fully saturated rings. The lowest BCUT2D eigenvalue weighted by Gasteiger charge is -2.36. The van der Waals surface area contributed by atoms with Crippen molar-refractivity contribution in [2.45, 2.75) is 134 Å². The fourth-order valence-corrected chi connectivity index (χ4v) is 12.0. The summed E-state index contributed by atoms with van der Waals surface area (Å²) >= 11 is 11.6. The first-order valence-corrected chi connectivity index (χ1v) is 38.4. The molecule has 5 amide bonds. The lowest BCUT2D eigenvalue weighted by atomic mass is 9.91. The van der Waals surface area contributed by atoms with Crippen LogP contribution in [0.2, 0.25) is 5.02 Å². The Morgan fingerprint density at radius 3 is 1.77 bits per heavy atom. The summed E-state index contributed by atoms with van der Waals surface area (Å²) in [5, 5.41) is 76.7. The summed E-state index contributed by atoms with van der Waals surface area (Å²) in [5.41, 5.74) is 4.39. The van der Waals surface area contributed by atoms with Crippen LogP contribution in [0.15, 0.2) is 79.0 Å². The Kier molecular flexibility index (Phi) is 54.0. The molecule has 1 aliphatic rings. The number of rotatable bonds is 50. The second-order valence-electron chi connectivity index (χ2n) is 26.7. The molecule has 1 aliphatic heterocycles. The number of ketones is 2. The molecule has 1 aromatic heterocycles. The smallest absolute Gasteiger partial charge is 0.373 e. The fraction of sp³-hybridized carbons (Fsp3) is 0.553. The van der Waals surface area contributed by atoms with Crippen molar-refractivity contribution in [3.63, 3.8) is 0 Å². The summed E-state index contributed by atoms with van der Waals surface area (Å²) in [6.45, 7) is 6.12. The molecule has 4 atom stereocenters. The number of carboxylic acids is 5. The van der Waals surface area contributed by atoms with E-state index in [1.54, 1.807) is 41.2 Å². The Labute approximate surface area is 681 Å². The number of thiocarbonyl (C=S) groups is 1. The number of carbonyl (C=O) groups excluding carboxylic acids is 11. The molecule has 0 saturated carbocycles. The molecular weight excluding hydrogens is 1560 g/mol. The Balaban J connectivity index is 0.00000483. The number of anilines is 2. The summed E-state index contributed by atoms with van der Waals surface area (Å²) in [6.07, 6.45) is 7.59. The van der Waals surface area contributed by atoms with Crippen molar-refractivity contribution in [2.24, 2.45) is 5.92 Å². The van der Waals surface area contributed by atoms with E-state index in [-0.39, 0.29) is 141 Å². The zero-order valence-corrected chi connectivity index (χ0v) is 66.8. The van der Waals surface area contributed by atoms with Gasteiger partial charge in [-0.1, -0.05) is 66.1 Å². The van der Waals surface area contributed by atoms with E-state index in [1.807, 2.05) is 66.4 Å². The third-order valence-corrected chi connectivity index (χ3v) is 18.2. The highest BCUT2D eigenvalue weighted by molar-refractivity contribution is 7.80. The van der Waals surface area contributed by atoms with Crippen molar-refractivity contribution >= 4 is 118 Å². The number of nitrogens with zero attached hydrogens (tertiary/aromatic N) is 7. The molecule has 38 nitrogen and oxygen atoms in total. The Morgan fingerprint density at radius 2 is 1.13 bits per heavy atom. The zero-order valence-electron chi connectivity index (χ0n) is 65.2. The summed E-state index contributed by atoms with van der Waals surface area (Å²) in [6, 6.07) is 18.6. The lowest BCUT2D eigenvalue weighted by Crippen LogP contribution is -2.50. The minimum atomic E-state index is -1.22. The highest BCUT2D eigenvalue weighted by atomic mass is 35.5. The number of ether oxygens (including phenoxy) is 3. The first-order chi connectivity index (χ1) is 55.6. The molecule has 4 aromatic rings. The third-order valence-electron chi connectivity index (χ3n) is 17.7. The molecule has 638 valence electrons. The van der Waals surface area contributed by atoms with Gasteiger partial charge in [0.25, 0.3) is 0 Å². The Morgan fingerprint density at radius 1 is 0.560 bits per heavy atom. The van der Waals surface area contributed by atoms with Gasteiger partial charge in [-0.25, -0.2) is 19.1 Å². The molecule has 5 rings (SSSR count). The number of likely N-dealkylation sites (N-methyl/N-ethyl adjacent to an activating group) is 2. The Bertz CT molecular complexity index is 3720. The van der Waals surface area contributed by atoms with E-state index in [1.165, 1.54) is 0 Å². The summed E-state index contributed by atoms with van der Waals surface area (Å²) in [5.74, 6) is -6.98. The average Bonchev–Trinajstić information content (AvgIpc) is 1.64. The van der Waals surface area contributed by atoms with E-state index < -0.39 is 71.6 Å². The van der Waals surface area contributed by atoms with Crippen molar-refractivity contribution in [3.05, 3.63) is 95.1 Å². The largest absolute Gasteiger partial charge is 0.481 e. The standard InChI is InChI=1S/C73H107ClN14O18S.3CO2/c1-84-31-33-85(2)59(48-87(51-68(96)97)36-35-86(34-32-84)50-67(94)95)44-52-21-25-57(26-22-52)79-73(107)77-29-9-6-16-61(64(90)47-55(69(98)99)12-4-3-5-15-60(89)45-53-19-23-56(74)24-20-53)80-65(91)27-38-104-40-42-106-43-41-105-39-37-88-49-63(82-83-88)54-13-10-14-58(46-54)78-71(102)75-28-8-7-17-62(70(100)101)81-72(103)76-30-11-18-66(92)93;3*2-1-3/h10,13-14,19-26,46,49,55,59,61-62H,3-9,11-12,15-18,27-45,47-48,50-51H2,1-2H3,(H,80,91)(H,92,93)(H,94,95)(H,96,97)(H,98,99)(H,100,101)(H2,75,78,102)(H2,76,81,103)(H2,77,79,107);;;/t55?,59?,61-,62?;;;/m0.../s1. The first kappa shape index (κ1) is 101. The van der Waals surface area contributed by atoms with E-state index in [9.17, 15) is 68.4 Å².